The maximum Gasteiger partial charge on any atom is 0.0120 e. The molecule has 0 spiro atoms. The summed E-state index contributed by atoms with van der Waals surface area (Å²) < 4.78 is 0. The van der Waals surface area contributed by atoms with E-state index in [4.69, 9.17) is 0 Å². The summed E-state index contributed by atoms with van der Waals surface area (Å²) in [5.41, 5.74) is 0. The van der Waals surface area contributed by atoms with Crippen LogP contribution in [-0.4, -0.2) is 61.7 Å². The third-order valence-corrected chi connectivity index (χ3v) is 5.10. The zero-order valence-electron chi connectivity index (χ0n) is 14.6. The third kappa shape index (κ3) is 5.88. The highest BCUT2D eigenvalue weighted by molar-refractivity contribution is 4.82. The highest BCUT2D eigenvalue weighted by Crippen LogP contribution is 2.21. The molecule has 0 amide bonds. The molecular weight excluding hydrogens is 258 g/mol. The van der Waals surface area contributed by atoms with Gasteiger partial charge in [0.25, 0.3) is 0 Å². The van der Waals surface area contributed by atoms with Crippen LogP contribution in [0.3, 0.4) is 0 Å². The van der Waals surface area contributed by atoms with E-state index in [0.29, 0.717) is 0 Å². The molecule has 0 aromatic heterocycles. The smallest absolute Gasteiger partial charge is 0.0120 e. The topological polar surface area (TPSA) is 18.5 Å². The van der Waals surface area contributed by atoms with E-state index in [-0.39, 0.29) is 0 Å². The Balaban J connectivity index is 1.78. The maximum atomic E-state index is 3.58. The third-order valence-electron chi connectivity index (χ3n) is 5.10. The molecule has 2 aliphatic heterocycles. The quantitative estimate of drug-likeness (QED) is 0.779. The van der Waals surface area contributed by atoms with Crippen LogP contribution in [0, 0.1) is 11.8 Å². The molecule has 2 fully saturated rings. The summed E-state index contributed by atoms with van der Waals surface area (Å²) in [5, 5.41) is 3.58. The van der Waals surface area contributed by atoms with E-state index in [9.17, 15) is 0 Å². The standard InChI is InChI=1S/C18H37N3/c1-4-10-21(15-17-6-5-9-19-13-17)18-7-11-20(12-8-18)14-16(2)3/h16-19H,4-15H2,1-3H3. The van der Waals surface area contributed by atoms with E-state index in [0.717, 1.165) is 17.9 Å². The maximum absolute atomic E-state index is 3.58. The molecule has 2 heterocycles. The molecule has 21 heavy (non-hydrogen) atoms. The Morgan fingerprint density at radius 1 is 1.19 bits per heavy atom. The molecule has 1 atom stereocenters. The summed E-state index contributed by atoms with van der Waals surface area (Å²) in [5.74, 6) is 1.70. The van der Waals surface area contributed by atoms with Gasteiger partial charge in [-0.3, -0.25) is 4.90 Å². The van der Waals surface area contributed by atoms with Crippen LogP contribution in [0.1, 0.15) is 52.9 Å². The molecule has 3 heteroatoms. The van der Waals surface area contributed by atoms with Crippen LogP contribution in [0.5, 0.6) is 0 Å². The Hall–Kier alpha value is -0.120. The molecule has 0 bridgehead atoms. The van der Waals surface area contributed by atoms with Gasteiger partial charge in [-0.1, -0.05) is 20.8 Å². The van der Waals surface area contributed by atoms with Crippen LogP contribution in [0.15, 0.2) is 0 Å². The van der Waals surface area contributed by atoms with Crippen LogP contribution in [0.25, 0.3) is 0 Å². The molecule has 0 aliphatic carbocycles. The zero-order valence-corrected chi connectivity index (χ0v) is 14.6. The van der Waals surface area contributed by atoms with Crippen molar-refractivity contribution in [2.45, 2.75) is 58.9 Å². The number of nitrogens with zero attached hydrogens (tertiary/aromatic N) is 2. The van der Waals surface area contributed by atoms with Gasteiger partial charge < -0.3 is 10.2 Å². The van der Waals surface area contributed by atoms with Gasteiger partial charge in [0, 0.05) is 19.1 Å². The first kappa shape index (κ1) is 17.2. The van der Waals surface area contributed by atoms with Gasteiger partial charge >= 0.3 is 0 Å². The number of likely N-dealkylation sites (tertiary alicyclic amines) is 1. The zero-order chi connectivity index (χ0) is 15.1. The fourth-order valence-corrected chi connectivity index (χ4v) is 4.11. The predicted octanol–water partition coefficient (Wildman–Crippen LogP) is 2.82. The molecular formula is C18H37N3. The van der Waals surface area contributed by atoms with Crippen LogP contribution < -0.4 is 5.32 Å². The lowest BCUT2D eigenvalue weighted by Crippen LogP contribution is -2.48. The summed E-state index contributed by atoms with van der Waals surface area (Å²) in [4.78, 5) is 5.50. The van der Waals surface area contributed by atoms with E-state index in [1.54, 1.807) is 0 Å². The van der Waals surface area contributed by atoms with Crippen molar-refractivity contribution in [3.05, 3.63) is 0 Å². The predicted molar refractivity (Wildman–Crippen MR) is 91.8 cm³/mol. The molecule has 1 N–H and O–H groups in total. The average Bonchev–Trinajstić information content (AvgIpc) is 2.48. The summed E-state index contributed by atoms with van der Waals surface area (Å²) in [7, 11) is 0. The monoisotopic (exact) mass is 295 g/mol. The highest BCUT2D eigenvalue weighted by Gasteiger charge is 2.26. The first-order chi connectivity index (χ1) is 10.2. The molecule has 0 radical (unpaired) electrons. The molecule has 2 saturated heterocycles. The van der Waals surface area contributed by atoms with Crippen LogP contribution in [0.2, 0.25) is 0 Å². The molecule has 0 aromatic rings. The Morgan fingerprint density at radius 3 is 2.52 bits per heavy atom. The molecule has 1 unspecified atom stereocenters. The van der Waals surface area contributed by atoms with E-state index < -0.39 is 0 Å². The van der Waals surface area contributed by atoms with Crippen molar-refractivity contribution in [1.29, 1.82) is 0 Å². The molecule has 124 valence electrons. The lowest BCUT2D eigenvalue weighted by Gasteiger charge is -2.41. The van der Waals surface area contributed by atoms with Gasteiger partial charge in [-0.2, -0.15) is 0 Å². The van der Waals surface area contributed by atoms with Gasteiger partial charge in [-0.15, -0.1) is 0 Å². The van der Waals surface area contributed by atoms with Crippen LogP contribution in [0.4, 0.5) is 0 Å². The Labute approximate surface area is 132 Å². The number of nitrogens with one attached hydrogen (secondary N) is 1. The number of hydrogen-bond acceptors (Lipinski definition) is 3. The summed E-state index contributed by atoms with van der Waals surface area (Å²) >= 11 is 0. The van der Waals surface area contributed by atoms with Crippen LogP contribution >= 0.6 is 0 Å². The van der Waals surface area contributed by atoms with Gasteiger partial charge in [0.15, 0.2) is 0 Å². The highest BCUT2D eigenvalue weighted by atomic mass is 15.2. The van der Waals surface area contributed by atoms with Crippen molar-refractivity contribution >= 4 is 0 Å². The summed E-state index contributed by atoms with van der Waals surface area (Å²) in [6.45, 7) is 16.0. The van der Waals surface area contributed by atoms with Gasteiger partial charge in [0.05, 0.1) is 0 Å². The molecule has 0 aromatic carbocycles. The second-order valence-electron chi connectivity index (χ2n) is 7.63. The van der Waals surface area contributed by atoms with Gasteiger partial charge in [0.2, 0.25) is 0 Å². The molecule has 0 saturated carbocycles. The molecule has 2 aliphatic rings. The fourth-order valence-electron chi connectivity index (χ4n) is 4.11. The normalized spacial score (nSPS) is 25.9. The Bertz CT molecular complexity index is 266. The summed E-state index contributed by atoms with van der Waals surface area (Å²) in [6.07, 6.45) is 6.86. The number of hydrogen-bond donors (Lipinski definition) is 1. The van der Waals surface area contributed by atoms with Gasteiger partial charge in [-0.05, 0) is 76.7 Å². The van der Waals surface area contributed by atoms with Crippen molar-refractivity contribution in [2.24, 2.45) is 11.8 Å². The Kier molecular flexibility index (Phi) is 7.48. The molecule has 2 rings (SSSR count). The van der Waals surface area contributed by atoms with E-state index in [1.807, 2.05) is 0 Å². The lowest BCUT2D eigenvalue weighted by molar-refractivity contribution is 0.0851. The summed E-state index contributed by atoms with van der Waals surface area (Å²) in [6, 6.07) is 0.843. The van der Waals surface area contributed by atoms with Crippen molar-refractivity contribution in [2.75, 3.05) is 45.8 Å². The van der Waals surface area contributed by atoms with Crippen molar-refractivity contribution in [3.63, 3.8) is 0 Å². The van der Waals surface area contributed by atoms with Crippen molar-refractivity contribution < 1.29 is 0 Å². The second kappa shape index (κ2) is 9.12. The number of piperidine rings is 2. The average molecular weight is 296 g/mol. The lowest BCUT2D eigenvalue weighted by atomic mass is 9.96. The largest absolute Gasteiger partial charge is 0.316 e. The second-order valence-corrected chi connectivity index (χ2v) is 7.63. The minimum absolute atomic E-state index is 0.807. The van der Waals surface area contributed by atoms with Gasteiger partial charge in [-0.25, -0.2) is 0 Å². The minimum atomic E-state index is 0.807. The van der Waals surface area contributed by atoms with E-state index in [2.05, 4.69) is 35.9 Å². The first-order valence-electron chi connectivity index (χ1n) is 9.36. The Morgan fingerprint density at radius 2 is 1.95 bits per heavy atom. The van der Waals surface area contributed by atoms with Crippen LogP contribution in [-0.2, 0) is 0 Å². The van der Waals surface area contributed by atoms with E-state index in [1.165, 1.54) is 77.9 Å². The number of rotatable bonds is 7. The molecule has 3 nitrogen and oxygen atoms in total. The van der Waals surface area contributed by atoms with E-state index >= 15 is 0 Å². The minimum Gasteiger partial charge on any atom is -0.316 e. The first-order valence-corrected chi connectivity index (χ1v) is 9.36. The SMILES string of the molecule is CCCN(CC1CCCNC1)C1CCN(CC(C)C)CC1. The van der Waals surface area contributed by atoms with Gasteiger partial charge in [0.1, 0.15) is 0 Å². The fraction of sp³-hybridized carbons (Fsp3) is 1.00. The van der Waals surface area contributed by atoms with Crippen molar-refractivity contribution in [1.82, 2.24) is 15.1 Å². The van der Waals surface area contributed by atoms with Crippen molar-refractivity contribution in [3.8, 4) is 0 Å².